The van der Waals surface area contributed by atoms with E-state index in [1.54, 1.807) is 7.11 Å². The molecular weight excluding hydrogens is 218 g/mol. The molecule has 1 aromatic rings. The van der Waals surface area contributed by atoms with Crippen LogP contribution in [-0.2, 0) is 16.1 Å². The molecule has 4 heteroatoms. The van der Waals surface area contributed by atoms with Gasteiger partial charge in [0, 0.05) is 0 Å². The first-order valence-electron chi connectivity index (χ1n) is 5.72. The number of methoxy groups -OCH3 is 1. The normalized spacial score (nSPS) is 11.9. The molecule has 0 aliphatic heterocycles. The zero-order valence-corrected chi connectivity index (χ0v) is 10.3. The monoisotopic (exact) mass is 237 g/mol. The summed E-state index contributed by atoms with van der Waals surface area (Å²) < 4.78 is 10.1. The lowest BCUT2D eigenvalue weighted by Crippen LogP contribution is -2.31. The highest BCUT2D eigenvalue weighted by Crippen LogP contribution is 2.12. The number of carbonyl (C=O) groups is 1. The number of nitrogens with two attached hydrogens (primary N) is 1. The molecule has 94 valence electrons. The first-order valence-corrected chi connectivity index (χ1v) is 5.72. The van der Waals surface area contributed by atoms with Crippen molar-refractivity contribution in [3.63, 3.8) is 0 Å². The quantitative estimate of drug-likeness (QED) is 0.767. The number of rotatable bonds is 6. The molecule has 1 atom stereocenters. The second-order valence-corrected chi connectivity index (χ2v) is 3.85. The molecule has 0 fully saturated rings. The molecule has 4 nitrogen and oxygen atoms in total. The van der Waals surface area contributed by atoms with E-state index in [0.29, 0.717) is 6.42 Å². The average molecular weight is 237 g/mol. The Kier molecular flexibility index (Phi) is 5.49. The van der Waals surface area contributed by atoms with Crippen LogP contribution < -0.4 is 10.5 Å². The molecule has 1 unspecified atom stereocenters. The van der Waals surface area contributed by atoms with Gasteiger partial charge in [-0.3, -0.25) is 4.79 Å². The molecule has 1 rings (SSSR count). The zero-order valence-electron chi connectivity index (χ0n) is 10.3. The molecule has 0 amide bonds. The maximum Gasteiger partial charge on any atom is 0.323 e. The zero-order chi connectivity index (χ0) is 12.7. The number of ether oxygens (including phenoxy) is 2. The summed E-state index contributed by atoms with van der Waals surface area (Å²) in [4.78, 5) is 11.5. The Morgan fingerprint density at radius 3 is 2.53 bits per heavy atom. The molecule has 2 N–H and O–H groups in total. The smallest absolute Gasteiger partial charge is 0.323 e. The first kappa shape index (κ1) is 13.5. The van der Waals surface area contributed by atoms with Crippen molar-refractivity contribution in [2.45, 2.75) is 32.4 Å². The molecule has 1 aromatic carbocycles. The van der Waals surface area contributed by atoms with Crippen LogP contribution in [0, 0.1) is 0 Å². The largest absolute Gasteiger partial charge is 0.497 e. The topological polar surface area (TPSA) is 61.6 Å². The van der Waals surface area contributed by atoms with Crippen LogP contribution in [0.1, 0.15) is 25.3 Å². The lowest BCUT2D eigenvalue weighted by Gasteiger charge is -2.10. The van der Waals surface area contributed by atoms with Gasteiger partial charge in [0.1, 0.15) is 18.4 Å². The van der Waals surface area contributed by atoms with Gasteiger partial charge in [-0.1, -0.05) is 25.5 Å². The maximum absolute atomic E-state index is 11.5. The second kappa shape index (κ2) is 6.91. The van der Waals surface area contributed by atoms with Crippen molar-refractivity contribution in [1.29, 1.82) is 0 Å². The third-order valence-corrected chi connectivity index (χ3v) is 2.44. The Morgan fingerprint density at radius 2 is 2.00 bits per heavy atom. The lowest BCUT2D eigenvalue weighted by atomic mass is 10.2. The van der Waals surface area contributed by atoms with Gasteiger partial charge in [-0.2, -0.15) is 0 Å². The third-order valence-electron chi connectivity index (χ3n) is 2.44. The molecule has 0 aromatic heterocycles. The number of carbonyl (C=O) groups excluding carboxylic acids is 1. The van der Waals surface area contributed by atoms with Crippen LogP contribution >= 0.6 is 0 Å². The van der Waals surface area contributed by atoms with Gasteiger partial charge in [0.15, 0.2) is 0 Å². The Labute approximate surface area is 102 Å². The summed E-state index contributed by atoms with van der Waals surface area (Å²) in [5.74, 6) is 0.436. The van der Waals surface area contributed by atoms with E-state index in [0.717, 1.165) is 17.7 Å². The van der Waals surface area contributed by atoms with Crippen LogP contribution in [0.3, 0.4) is 0 Å². The molecule has 0 aliphatic carbocycles. The van der Waals surface area contributed by atoms with Crippen molar-refractivity contribution in [1.82, 2.24) is 0 Å². The highest BCUT2D eigenvalue weighted by molar-refractivity contribution is 5.75. The summed E-state index contributed by atoms with van der Waals surface area (Å²) in [6.45, 7) is 2.23. The fourth-order valence-corrected chi connectivity index (χ4v) is 1.41. The van der Waals surface area contributed by atoms with E-state index in [9.17, 15) is 4.79 Å². The molecule has 0 radical (unpaired) electrons. The Balaban J connectivity index is 2.41. The summed E-state index contributed by atoms with van der Waals surface area (Å²) >= 11 is 0. The lowest BCUT2D eigenvalue weighted by molar-refractivity contribution is -0.146. The van der Waals surface area contributed by atoms with Gasteiger partial charge in [-0.15, -0.1) is 0 Å². The number of esters is 1. The van der Waals surface area contributed by atoms with Gasteiger partial charge in [0.2, 0.25) is 0 Å². The van der Waals surface area contributed by atoms with Crippen molar-refractivity contribution < 1.29 is 14.3 Å². The van der Waals surface area contributed by atoms with Crippen molar-refractivity contribution in [2.24, 2.45) is 5.73 Å². The highest BCUT2D eigenvalue weighted by Gasteiger charge is 2.13. The van der Waals surface area contributed by atoms with Crippen LogP contribution in [0.25, 0.3) is 0 Å². The van der Waals surface area contributed by atoms with Gasteiger partial charge in [-0.25, -0.2) is 0 Å². The second-order valence-electron chi connectivity index (χ2n) is 3.85. The average Bonchev–Trinajstić information content (AvgIpc) is 2.36. The minimum absolute atomic E-state index is 0.250. The number of hydrogen-bond acceptors (Lipinski definition) is 4. The van der Waals surface area contributed by atoms with Crippen LogP contribution in [0.2, 0.25) is 0 Å². The van der Waals surface area contributed by atoms with Crippen molar-refractivity contribution >= 4 is 5.97 Å². The van der Waals surface area contributed by atoms with Crippen molar-refractivity contribution in [3.05, 3.63) is 29.8 Å². The van der Waals surface area contributed by atoms with Crippen molar-refractivity contribution in [2.75, 3.05) is 7.11 Å². The van der Waals surface area contributed by atoms with Gasteiger partial charge in [0.25, 0.3) is 0 Å². The van der Waals surface area contributed by atoms with E-state index in [1.807, 2.05) is 31.2 Å². The van der Waals surface area contributed by atoms with Gasteiger partial charge in [0.05, 0.1) is 7.11 Å². The minimum Gasteiger partial charge on any atom is -0.497 e. The molecule has 0 heterocycles. The highest BCUT2D eigenvalue weighted by atomic mass is 16.5. The van der Waals surface area contributed by atoms with E-state index in [2.05, 4.69) is 0 Å². The summed E-state index contributed by atoms with van der Waals surface area (Å²) in [7, 11) is 1.61. The number of benzene rings is 1. The molecule has 0 spiro atoms. The number of hydrogen-bond donors (Lipinski definition) is 1. The van der Waals surface area contributed by atoms with Gasteiger partial charge in [-0.05, 0) is 24.1 Å². The van der Waals surface area contributed by atoms with Crippen LogP contribution in [0.15, 0.2) is 24.3 Å². The molecule has 0 saturated carbocycles. The summed E-state index contributed by atoms with van der Waals surface area (Å²) in [6.07, 6.45) is 1.53. The van der Waals surface area contributed by atoms with Crippen molar-refractivity contribution in [3.8, 4) is 5.75 Å². The van der Waals surface area contributed by atoms with E-state index in [4.69, 9.17) is 15.2 Å². The predicted octanol–water partition coefficient (Wildman–Crippen LogP) is 1.87. The fraction of sp³-hybridized carbons (Fsp3) is 0.462. The molecule has 0 saturated heterocycles. The Bertz CT molecular complexity index is 348. The van der Waals surface area contributed by atoms with E-state index in [1.165, 1.54) is 0 Å². The maximum atomic E-state index is 11.5. The first-order chi connectivity index (χ1) is 8.17. The summed E-state index contributed by atoms with van der Waals surface area (Å²) in [5, 5.41) is 0. The Hall–Kier alpha value is -1.55. The fourth-order valence-electron chi connectivity index (χ4n) is 1.41. The SMILES string of the molecule is CCCC(N)C(=O)OCc1ccc(OC)cc1. The van der Waals surface area contributed by atoms with E-state index in [-0.39, 0.29) is 12.6 Å². The summed E-state index contributed by atoms with van der Waals surface area (Å²) in [5.41, 5.74) is 6.56. The van der Waals surface area contributed by atoms with E-state index < -0.39 is 6.04 Å². The third kappa shape index (κ3) is 4.44. The molecule has 0 aliphatic rings. The van der Waals surface area contributed by atoms with Gasteiger partial charge >= 0.3 is 5.97 Å². The molecular formula is C13H19NO3. The predicted molar refractivity (Wildman–Crippen MR) is 65.7 cm³/mol. The molecule has 17 heavy (non-hydrogen) atoms. The standard InChI is InChI=1S/C13H19NO3/c1-3-4-12(14)13(15)17-9-10-5-7-11(16-2)8-6-10/h5-8,12H,3-4,9,14H2,1-2H3. The van der Waals surface area contributed by atoms with Crippen LogP contribution in [0.5, 0.6) is 5.75 Å². The van der Waals surface area contributed by atoms with Crippen LogP contribution in [0.4, 0.5) is 0 Å². The minimum atomic E-state index is -0.516. The summed E-state index contributed by atoms with van der Waals surface area (Å²) in [6, 6.07) is 6.86. The molecule has 0 bridgehead atoms. The Morgan fingerprint density at radius 1 is 1.35 bits per heavy atom. The van der Waals surface area contributed by atoms with E-state index >= 15 is 0 Å². The van der Waals surface area contributed by atoms with Gasteiger partial charge < -0.3 is 15.2 Å². The van der Waals surface area contributed by atoms with Crippen LogP contribution in [-0.4, -0.2) is 19.1 Å².